The number of benzene rings is 1. The zero-order valence-corrected chi connectivity index (χ0v) is 18.5. The summed E-state index contributed by atoms with van der Waals surface area (Å²) in [5.74, 6) is -3.24. The molecule has 0 bridgehead atoms. The third kappa shape index (κ3) is 5.40. The lowest BCUT2D eigenvalue weighted by Crippen LogP contribution is -2.55. The fourth-order valence-corrected chi connectivity index (χ4v) is 4.93. The van der Waals surface area contributed by atoms with Gasteiger partial charge in [-0.1, -0.05) is 30.3 Å². The summed E-state index contributed by atoms with van der Waals surface area (Å²) >= 11 is 1.35. The number of alkyl halides is 1. The minimum absolute atomic E-state index is 0.277. The molecule has 2 heterocycles. The zero-order chi connectivity index (χ0) is 23.3. The summed E-state index contributed by atoms with van der Waals surface area (Å²) in [4.78, 5) is 52.0. The number of carbonyl (C=O) groups excluding carboxylic acids is 3. The van der Waals surface area contributed by atoms with Crippen LogP contribution in [0.3, 0.4) is 0 Å². The number of amides is 2. The Morgan fingerprint density at radius 2 is 1.94 bits per heavy atom. The number of nitrogens with one attached hydrogen (secondary N) is 1. The van der Waals surface area contributed by atoms with Crippen molar-refractivity contribution >= 4 is 34.9 Å². The number of hydrogen-bond donors (Lipinski definition) is 2. The average molecular weight is 461 g/mol. The van der Waals surface area contributed by atoms with Gasteiger partial charge in [0.25, 0.3) is 5.91 Å². The van der Waals surface area contributed by atoms with E-state index in [1.165, 1.54) is 16.2 Å². The Morgan fingerprint density at radius 1 is 1.22 bits per heavy atom. The molecule has 9 heteroatoms. The lowest BCUT2D eigenvalue weighted by atomic mass is 9.99. The summed E-state index contributed by atoms with van der Waals surface area (Å²) in [6, 6.07) is 9.31. The zero-order valence-electron chi connectivity index (χ0n) is 17.7. The van der Waals surface area contributed by atoms with Gasteiger partial charge >= 0.3 is 5.97 Å². The van der Waals surface area contributed by atoms with E-state index < -0.39 is 42.8 Å². The molecule has 0 radical (unpaired) electrons. The van der Waals surface area contributed by atoms with Gasteiger partial charge in [-0.2, -0.15) is 0 Å². The Morgan fingerprint density at radius 3 is 2.59 bits per heavy atom. The van der Waals surface area contributed by atoms with Gasteiger partial charge in [-0.3, -0.25) is 19.2 Å². The number of thiophene rings is 1. The van der Waals surface area contributed by atoms with E-state index in [2.05, 4.69) is 5.32 Å². The van der Waals surface area contributed by atoms with Crippen LogP contribution in [0.25, 0.3) is 10.4 Å². The summed E-state index contributed by atoms with van der Waals surface area (Å²) in [5, 5.41) is 11.3. The number of halogens is 1. The van der Waals surface area contributed by atoms with Crippen molar-refractivity contribution in [2.75, 3.05) is 13.2 Å². The third-order valence-electron chi connectivity index (χ3n) is 5.45. The molecular formula is C23H25FN2O5S. The van der Waals surface area contributed by atoms with E-state index in [9.17, 15) is 23.6 Å². The minimum Gasteiger partial charge on any atom is -0.481 e. The van der Waals surface area contributed by atoms with Crippen LogP contribution in [-0.2, 0) is 14.4 Å². The predicted molar refractivity (Wildman–Crippen MR) is 118 cm³/mol. The van der Waals surface area contributed by atoms with Gasteiger partial charge < -0.3 is 15.3 Å². The number of piperidine rings is 1. The molecule has 2 amide bonds. The first-order valence-corrected chi connectivity index (χ1v) is 11.2. The monoisotopic (exact) mass is 460 g/mol. The molecule has 1 fully saturated rings. The first kappa shape index (κ1) is 23.6. The highest BCUT2D eigenvalue weighted by atomic mass is 32.1. The van der Waals surface area contributed by atoms with Crippen LogP contribution in [0, 0.1) is 6.92 Å². The average Bonchev–Trinajstić information content (AvgIpc) is 3.19. The number of hydrogen-bond acceptors (Lipinski definition) is 5. The highest BCUT2D eigenvalue weighted by Crippen LogP contribution is 2.33. The van der Waals surface area contributed by atoms with E-state index in [-0.39, 0.29) is 5.91 Å². The smallest absolute Gasteiger partial charge is 0.305 e. The summed E-state index contributed by atoms with van der Waals surface area (Å²) < 4.78 is 12.8. The van der Waals surface area contributed by atoms with Crippen molar-refractivity contribution in [1.82, 2.24) is 10.2 Å². The quantitative estimate of drug-likeness (QED) is 0.630. The molecule has 0 spiro atoms. The van der Waals surface area contributed by atoms with Gasteiger partial charge in [0, 0.05) is 11.4 Å². The molecule has 1 aliphatic rings. The molecular weight excluding hydrogens is 435 g/mol. The maximum Gasteiger partial charge on any atom is 0.305 e. The van der Waals surface area contributed by atoms with Crippen molar-refractivity contribution in [1.29, 1.82) is 0 Å². The number of carboxylic acid groups (broad SMARTS) is 1. The van der Waals surface area contributed by atoms with Crippen LogP contribution in [-0.4, -0.2) is 58.9 Å². The molecule has 0 saturated carbocycles. The van der Waals surface area contributed by atoms with E-state index in [0.29, 0.717) is 24.3 Å². The molecule has 1 aliphatic heterocycles. The Balaban J connectivity index is 1.81. The lowest BCUT2D eigenvalue weighted by Gasteiger charge is -2.35. The van der Waals surface area contributed by atoms with E-state index in [0.717, 1.165) is 22.4 Å². The van der Waals surface area contributed by atoms with Crippen molar-refractivity contribution in [2.45, 2.75) is 44.7 Å². The van der Waals surface area contributed by atoms with Crippen LogP contribution in [0.15, 0.2) is 36.4 Å². The van der Waals surface area contributed by atoms with Gasteiger partial charge in [0.1, 0.15) is 18.8 Å². The number of aliphatic carboxylic acids is 1. The Hall–Kier alpha value is -3.07. The van der Waals surface area contributed by atoms with E-state index >= 15 is 0 Å². The van der Waals surface area contributed by atoms with Crippen molar-refractivity contribution in [2.24, 2.45) is 0 Å². The van der Waals surface area contributed by atoms with Gasteiger partial charge in [-0.05, 0) is 43.4 Å². The van der Waals surface area contributed by atoms with E-state index in [1.807, 2.05) is 43.3 Å². The molecule has 2 aromatic rings. The largest absolute Gasteiger partial charge is 0.481 e. The summed E-state index contributed by atoms with van der Waals surface area (Å²) in [7, 11) is 0. The fraction of sp³-hybridized carbons (Fsp3) is 0.391. The Kier molecular flexibility index (Phi) is 7.74. The number of nitrogens with zero attached hydrogens (tertiary/aromatic N) is 1. The first-order valence-electron chi connectivity index (χ1n) is 10.4. The normalized spacial score (nSPS) is 16.9. The standard InChI is InChI=1S/C23H25FN2O5S/c1-14-11-19(15-7-3-2-4-8-15)32-21(14)23(31)26-10-6-5-9-17(26)22(30)25-16(12-20(28)29)18(27)13-24/h2-4,7-8,11,16-17H,5-6,9-10,12-13H2,1H3,(H,25,30)(H,28,29)/t16?,17-/m0/s1. The molecule has 2 atom stereocenters. The molecule has 1 unspecified atom stereocenters. The second-order valence-electron chi connectivity index (χ2n) is 7.76. The van der Waals surface area contributed by atoms with Crippen LogP contribution >= 0.6 is 11.3 Å². The second kappa shape index (κ2) is 10.5. The summed E-state index contributed by atoms with van der Waals surface area (Å²) in [6.07, 6.45) is 1.12. The molecule has 7 nitrogen and oxygen atoms in total. The van der Waals surface area contributed by atoms with Gasteiger partial charge in [-0.15, -0.1) is 11.3 Å². The maximum atomic E-state index is 13.4. The number of ketones is 1. The number of likely N-dealkylation sites (tertiary alicyclic amines) is 1. The minimum atomic E-state index is -1.46. The van der Waals surface area contributed by atoms with E-state index in [4.69, 9.17) is 5.11 Å². The van der Waals surface area contributed by atoms with Gasteiger partial charge in [0.15, 0.2) is 5.78 Å². The molecule has 32 heavy (non-hydrogen) atoms. The number of aryl methyl sites for hydroxylation is 1. The van der Waals surface area contributed by atoms with Crippen LogP contribution in [0.5, 0.6) is 0 Å². The number of Topliss-reactive ketones (excluding diaryl/α,β-unsaturated/α-hetero) is 1. The fourth-order valence-electron chi connectivity index (χ4n) is 3.80. The van der Waals surface area contributed by atoms with Gasteiger partial charge in [0.05, 0.1) is 11.3 Å². The lowest BCUT2D eigenvalue weighted by molar-refractivity contribution is -0.140. The van der Waals surface area contributed by atoms with Gasteiger partial charge in [0.2, 0.25) is 5.91 Å². The van der Waals surface area contributed by atoms with Gasteiger partial charge in [-0.25, -0.2) is 4.39 Å². The van der Waals surface area contributed by atoms with Crippen LogP contribution in [0.1, 0.15) is 40.9 Å². The SMILES string of the molecule is Cc1cc(-c2ccccc2)sc1C(=O)N1CCCC[C@H]1C(=O)NC(CC(=O)O)C(=O)CF. The van der Waals surface area contributed by atoms with Crippen molar-refractivity contribution in [3.05, 3.63) is 46.8 Å². The van der Waals surface area contributed by atoms with Crippen LogP contribution in [0.2, 0.25) is 0 Å². The van der Waals surface area contributed by atoms with Crippen LogP contribution in [0.4, 0.5) is 4.39 Å². The number of rotatable bonds is 8. The maximum absolute atomic E-state index is 13.4. The topological polar surface area (TPSA) is 104 Å². The van der Waals surface area contributed by atoms with E-state index in [1.54, 1.807) is 0 Å². The molecule has 2 N–H and O–H groups in total. The highest BCUT2D eigenvalue weighted by Gasteiger charge is 2.36. The molecule has 170 valence electrons. The molecule has 0 aliphatic carbocycles. The first-order chi connectivity index (χ1) is 15.3. The molecule has 1 aromatic carbocycles. The Bertz CT molecular complexity index is 1010. The highest BCUT2D eigenvalue weighted by molar-refractivity contribution is 7.17. The predicted octanol–water partition coefficient (Wildman–Crippen LogP) is 3.22. The molecule has 1 saturated heterocycles. The number of carboxylic acids is 1. The molecule has 3 rings (SSSR count). The molecule has 1 aromatic heterocycles. The van der Waals surface area contributed by atoms with Crippen molar-refractivity contribution < 1.29 is 28.7 Å². The summed E-state index contributed by atoms with van der Waals surface area (Å²) in [5.41, 5.74) is 1.80. The van der Waals surface area contributed by atoms with Crippen molar-refractivity contribution in [3.63, 3.8) is 0 Å². The number of carbonyl (C=O) groups is 4. The Labute approximate surface area is 189 Å². The second-order valence-corrected chi connectivity index (χ2v) is 8.81. The summed E-state index contributed by atoms with van der Waals surface area (Å²) in [6.45, 7) is 0.843. The van der Waals surface area contributed by atoms with Crippen molar-refractivity contribution in [3.8, 4) is 10.4 Å². The third-order valence-corrected chi connectivity index (χ3v) is 6.73. The van der Waals surface area contributed by atoms with Crippen LogP contribution < -0.4 is 5.32 Å².